The summed E-state index contributed by atoms with van der Waals surface area (Å²) in [5.74, 6) is 1.88. The van der Waals surface area contributed by atoms with Crippen molar-refractivity contribution in [1.82, 2.24) is 15.1 Å². The van der Waals surface area contributed by atoms with Gasteiger partial charge in [-0.15, -0.1) is 0 Å². The van der Waals surface area contributed by atoms with Crippen LogP contribution in [-0.2, 0) is 19.3 Å². The summed E-state index contributed by atoms with van der Waals surface area (Å²) in [6, 6.07) is 3.57. The Morgan fingerprint density at radius 2 is 2.00 bits per heavy atom. The van der Waals surface area contributed by atoms with Gasteiger partial charge >= 0.3 is 6.18 Å². The number of hydrogen-bond donors (Lipinski definition) is 1. The molecule has 0 radical (unpaired) electrons. The lowest BCUT2D eigenvalue weighted by Crippen LogP contribution is -2.18. The highest BCUT2D eigenvalue weighted by molar-refractivity contribution is 5.11. The van der Waals surface area contributed by atoms with Gasteiger partial charge in [-0.3, -0.25) is 4.68 Å². The van der Waals surface area contributed by atoms with Crippen LogP contribution in [0.4, 0.5) is 13.2 Å². The molecule has 0 aliphatic carbocycles. The Bertz CT molecular complexity index is 572. The minimum absolute atomic E-state index is 0.181. The number of alkyl halides is 3. The molecule has 0 bridgehead atoms. The van der Waals surface area contributed by atoms with E-state index in [9.17, 15) is 13.2 Å². The Kier molecular flexibility index (Phi) is 4.72. The molecule has 2 aromatic heterocycles. The van der Waals surface area contributed by atoms with Crippen LogP contribution >= 0.6 is 0 Å². The Hall–Kier alpha value is -1.76. The maximum Gasteiger partial charge on any atom is 0.419 e. The topological polar surface area (TPSA) is 43.0 Å². The highest BCUT2D eigenvalue weighted by atomic mass is 19.4. The highest BCUT2D eigenvalue weighted by Crippen LogP contribution is 2.28. The van der Waals surface area contributed by atoms with Gasteiger partial charge in [0.25, 0.3) is 0 Å². The van der Waals surface area contributed by atoms with Crippen LogP contribution in [0.5, 0.6) is 0 Å². The first kappa shape index (κ1) is 15.6. The van der Waals surface area contributed by atoms with Crippen molar-refractivity contribution >= 4 is 0 Å². The van der Waals surface area contributed by atoms with E-state index >= 15 is 0 Å². The zero-order valence-electron chi connectivity index (χ0n) is 11.9. The average molecular weight is 301 g/mol. The first-order valence-corrected chi connectivity index (χ1v) is 6.72. The molecule has 0 aliphatic rings. The summed E-state index contributed by atoms with van der Waals surface area (Å²) in [6.45, 7) is 5.88. The van der Waals surface area contributed by atoms with Crippen LogP contribution in [0, 0.1) is 5.92 Å². The summed E-state index contributed by atoms with van der Waals surface area (Å²) in [4.78, 5) is 0. The van der Waals surface area contributed by atoms with Gasteiger partial charge in [0, 0.05) is 6.20 Å². The zero-order valence-corrected chi connectivity index (χ0v) is 11.9. The van der Waals surface area contributed by atoms with Crippen LogP contribution in [0.1, 0.15) is 30.9 Å². The maximum atomic E-state index is 12.5. The zero-order chi connectivity index (χ0) is 15.5. The lowest BCUT2D eigenvalue weighted by Gasteiger charge is -2.05. The van der Waals surface area contributed by atoms with E-state index in [4.69, 9.17) is 4.42 Å². The van der Waals surface area contributed by atoms with Crippen molar-refractivity contribution in [3.05, 3.63) is 41.6 Å². The van der Waals surface area contributed by atoms with Crippen LogP contribution in [-0.4, -0.2) is 16.3 Å². The average Bonchev–Trinajstić information content (AvgIpc) is 2.98. The summed E-state index contributed by atoms with van der Waals surface area (Å²) >= 11 is 0. The fourth-order valence-electron chi connectivity index (χ4n) is 1.84. The summed E-state index contributed by atoms with van der Waals surface area (Å²) in [6.07, 6.45) is -2.58. The summed E-state index contributed by atoms with van der Waals surface area (Å²) in [5.41, 5.74) is -0.757. The monoisotopic (exact) mass is 301 g/mol. The molecule has 116 valence electrons. The van der Waals surface area contributed by atoms with E-state index in [2.05, 4.69) is 24.3 Å². The SMILES string of the molecule is CC(C)CNCc1ccc(Cn2cc(C(F)(F)F)cn2)o1. The second-order valence-corrected chi connectivity index (χ2v) is 5.32. The molecule has 2 aromatic rings. The van der Waals surface area contributed by atoms with Crippen LogP contribution < -0.4 is 5.32 Å². The molecule has 2 heterocycles. The fraction of sp³-hybridized carbons (Fsp3) is 0.500. The van der Waals surface area contributed by atoms with E-state index in [0.717, 1.165) is 24.7 Å². The smallest absolute Gasteiger partial charge is 0.419 e. The number of hydrogen-bond acceptors (Lipinski definition) is 3. The van der Waals surface area contributed by atoms with Crippen molar-refractivity contribution in [3.8, 4) is 0 Å². The van der Waals surface area contributed by atoms with E-state index in [0.29, 0.717) is 18.2 Å². The molecule has 4 nitrogen and oxygen atoms in total. The molecule has 0 amide bonds. The Labute approximate surface area is 120 Å². The molecule has 7 heteroatoms. The highest BCUT2D eigenvalue weighted by Gasteiger charge is 2.32. The first-order valence-electron chi connectivity index (χ1n) is 6.72. The largest absolute Gasteiger partial charge is 0.463 e. The number of nitrogens with zero attached hydrogens (tertiary/aromatic N) is 2. The van der Waals surface area contributed by atoms with Crippen molar-refractivity contribution in [2.45, 2.75) is 33.1 Å². The number of furan rings is 1. The molecule has 0 saturated carbocycles. The normalized spacial score (nSPS) is 12.3. The van der Waals surface area contributed by atoms with Gasteiger partial charge in [0.1, 0.15) is 11.5 Å². The molecule has 0 aromatic carbocycles. The van der Waals surface area contributed by atoms with Crippen LogP contribution in [0.2, 0.25) is 0 Å². The van der Waals surface area contributed by atoms with Crippen molar-refractivity contribution in [3.63, 3.8) is 0 Å². The second-order valence-electron chi connectivity index (χ2n) is 5.32. The molecule has 0 spiro atoms. The molecular formula is C14H18F3N3O. The third kappa shape index (κ3) is 4.63. The summed E-state index contributed by atoms with van der Waals surface area (Å²) in [7, 11) is 0. The maximum absolute atomic E-state index is 12.5. The van der Waals surface area contributed by atoms with Crippen LogP contribution in [0.25, 0.3) is 0 Å². The third-order valence-corrected chi connectivity index (χ3v) is 2.85. The van der Waals surface area contributed by atoms with Crippen molar-refractivity contribution in [1.29, 1.82) is 0 Å². The van der Waals surface area contributed by atoms with Crippen LogP contribution in [0.15, 0.2) is 28.9 Å². The molecule has 0 aliphatic heterocycles. The van der Waals surface area contributed by atoms with Crippen molar-refractivity contribution in [2.24, 2.45) is 5.92 Å². The van der Waals surface area contributed by atoms with E-state index in [-0.39, 0.29) is 6.54 Å². The van der Waals surface area contributed by atoms with Gasteiger partial charge in [0.15, 0.2) is 0 Å². The van der Waals surface area contributed by atoms with Gasteiger partial charge in [-0.25, -0.2) is 0 Å². The molecule has 1 N–H and O–H groups in total. The number of nitrogens with one attached hydrogen (secondary N) is 1. The van der Waals surface area contributed by atoms with Gasteiger partial charge in [0.05, 0.1) is 24.8 Å². The second kappa shape index (κ2) is 6.34. The number of halogens is 3. The van der Waals surface area contributed by atoms with Gasteiger partial charge in [-0.1, -0.05) is 13.8 Å². The van der Waals surface area contributed by atoms with E-state index < -0.39 is 11.7 Å². The summed E-state index contributed by atoms with van der Waals surface area (Å²) in [5, 5.41) is 6.93. The quantitative estimate of drug-likeness (QED) is 0.890. The summed E-state index contributed by atoms with van der Waals surface area (Å²) < 4.78 is 44.2. The predicted octanol–water partition coefficient (Wildman–Crippen LogP) is 3.29. The van der Waals surface area contributed by atoms with E-state index in [1.54, 1.807) is 6.07 Å². The molecule has 0 saturated heterocycles. The molecule has 21 heavy (non-hydrogen) atoms. The van der Waals surface area contributed by atoms with Crippen molar-refractivity contribution < 1.29 is 17.6 Å². The third-order valence-electron chi connectivity index (χ3n) is 2.85. The molecule has 2 rings (SSSR count). The fourth-order valence-corrected chi connectivity index (χ4v) is 1.84. The Morgan fingerprint density at radius 1 is 1.29 bits per heavy atom. The molecule has 0 fully saturated rings. The van der Waals surface area contributed by atoms with Gasteiger partial charge in [-0.05, 0) is 24.6 Å². The predicted molar refractivity (Wildman–Crippen MR) is 71.6 cm³/mol. The molecular weight excluding hydrogens is 283 g/mol. The number of aromatic nitrogens is 2. The lowest BCUT2D eigenvalue weighted by atomic mass is 10.2. The minimum Gasteiger partial charge on any atom is -0.463 e. The van der Waals surface area contributed by atoms with Gasteiger partial charge in [-0.2, -0.15) is 18.3 Å². The van der Waals surface area contributed by atoms with Gasteiger partial charge < -0.3 is 9.73 Å². The first-order chi connectivity index (χ1) is 9.84. The van der Waals surface area contributed by atoms with Gasteiger partial charge in [0.2, 0.25) is 0 Å². The minimum atomic E-state index is -4.37. The van der Waals surface area contributed by atoms with E-state index in [1.807, 2.05) is 6.07 Å². The molecule has 0 atom stereocenters. The lowest BCUT2D eigenvalue weighted by molar-refractivity contribution is -0.137. The Balaban J connectivity index is 1.91. The Morgan fingerprint density at radius 3 is 2.62 bits per heavy atom. The number of rotatable bonds is 6. The van der Waals surface area contributed by atoms with E-state index in [1.165, 1.54) is 4.68 Å². The van der Waals surface area contributed by atoms with Crippen molar-refractivity contribution in [2.75, 3.05) is 6.54 Å². The standard InChI is InChI=1S/C14H18F3N3O/c1-10(2)5-18-7-12-3-4-13(21-12)9-20-8-11(6-19-20)14(15,16)17/h3-4,6,8,10,18H,5,7,9H2,1-2H3. The molecule has 0 unspecified atom stereocenters. The van der Waals surface area contributed by atoms with Crippen LogP contribution in [0.3, 0.4) is 0 Å².